The van der Waals surface area contributed by atoms with Gasteiger partial charge in [-0.25, -0.2) is 0 Å². The van der Waals surface area contributed by atoms with Gasteiger partial charge in [0.2, 0.25) is 0 Å². The quantitative estimate of drug-likeness (QED) is 0.179. The molecular weight excluding hydrogens is 456 g/mol. The molecule has 0 aliphatic heterocycles. The first-order valence-corrected chi connectivity index (χ1v) is 15.5. The number of nitrogen functional groups attached to an aromatic ring is 2. The molecule has 0 bridgehead atoms. The van der Waals surface area contributed by atoms with Crippen LogP contribution in [0.15, 0.2) is 12.1 Å². The molecule has 208 valence electrons. The van der Waals surface area contributed by atoms with Gasteiger partial charge in [-0.1, -0.05) is 53.9 Å². The summed E-state index contributed by atoms with van der Waals surface area (Å²) in [4.78, 5) is 0. The fourth-order valence-corrected chi connectivity index (χ4v) is 10.8. The molecular formula is C33H54N2O2. The highest BCUT2D eigenvalue weighted by molar-refractivity contribution is 5.69. The van der Waals surface area contributed by atoms with Crippen LogP contribution in [0.3, 0.4) is 0 Å². The van der Waals surface area contributed by atoms with E-state index in [-0.39, 0.29) is 23.2 Å². The molecule has 1 aromatic carbocycles. The molecule has 4 saturated carbocycles. The van der Waals surface area contributed by atoms with Gasteiger partial charge in [-0.05, 0) is 122 Å². The summed E-state index contributed by atoms with van der Waals surface area (Å²) in [5, 5.41) is 21.5. The molecule has 4 nitrogen and oxygen atoms in total. The Kier molecular flexibility index (Phi) is 7.31. The first-order valence-electron chi connectivity index (χ1n) is 15.5. The zero-order chi connectivity index (χ0) is 26.7. The molecule has 4 aliphatic rings. The fourth-order valence-electron chi connectivity index (χ4n) is 10.8. The van der Waals surface area contributed by atoms with Crippen molar-refractivity contribution >= 4 is 11.4 Å². The number of aliphatic hydroxyl groups excluding tert-OH is 1. The average molecular weight is 511 g/mol. The van der Waals surface area contributed by atoms with Crippen molar-refractivity contribution in [2.45, 2.75) is 117 Å². The minimum Gasteiger partial charge on any atom is -0.506 e. The van der Waals surface area contributed by atoms with Gasteiger partial charge in [-0.2, -0.15) is 0 Å². The van der Waals surface area contributed by atoms with Crippen LogP contribution in [0.2, 0.25) is 0 Å². The van der Waals surface area contributed by atoms with Crippen molar-refractivity contribution in [3.05, 3.63) is 17.7 Å². The number of nitrogens with two attached hydrogens (primary N) is 2. The van der Waals surface area contributed by atoms with E-state index in [0.29, 0.717) is 35.0 Å². The summed E-state index contributed by atoms with van der Waals surface area (Å²) in [6.07, 6.45) is 13.3. The van der Waals surface area contributed by atoms with Crippen LogP contribution in [0, 0.1) is 52.3 Å². The molecule has 10 atom stereocenters. The Labute approximate surface area is 226 Å². The second-order valence-electron chi connectivity index (χ2n) is 14.7. The fraction of sp³-hybridized carbons (Fsp3) is 0.818. The van der Waals surface area contributed by atoms with Crippen molar-refractivity contribution in [2.24, 2.45) is 52.3 Å². The molecule has 5 rings (SSSR count). The summed E-state index contributed by atoms with van der Waals surface area (Å²) < 4.78 is 0. The van der Waals surface area contributed by atoms with Crippen molar-refractivity contribution in [1.82, 2.24) is 0 Å². The number of rotatable bonds is 6. The third-order valence-electron chi connectivity index (χ3n) is 12.6. The Morgan fingerprint density at radius 2 is 1.70 bits per heavy atom. The predicted molar refractivity (Wildman–Crippen MR) is 154 cm³/mol. The Balaban J connectivity index is 1.44. The van der Waals surface area contributed by atoms with Crippen molar-refractivity contribution < 1.29 is 10.2 Å². The Morgan fingerprint density at radius 3 is 2.43 bits per heavy atom. The first-order chi connectivity index (χ1) is 17.5. The Bertz CT molecular complexity index is 977. The molecule has 37 heavy (non-hydrogen) atoms. The molecule has 0 amide bonds. The molecule has 0 saturated heterocycles. The van der Waals surface area contributed by atoms with Crippen molar-refractivity contribution in [2.75, 3.05) is 11.5 Å². The van der Waals surface area contributed by atoms with Gasteiger partial charge in [-0.15, -0.1) is 0 Å². The number of aliphatic hydroxyl groups is 1. The number of phenols is 1. The Hall–Kier alpha value is -1.42. The minimum absolute atomic E-state index is 0.0560. The van der Waals surface area contributed by atoms with E-state index in [1.54, 1.807) is 12.1 Å². The molecule has 0 aromatic heterocycles. The number of hydrogen-bond donors (Lipinski definition) is 4. The predicted octanol–water partition coefficient (Wildman–Crippen LogP) is 7.73. The molecule has 0 heterocycles. The summed E-state index contributed by atoms with van der Waals surface area (Å²) in [6.45, 7) is 12.4. The topological polar surface area (TPSA) is 92.5 Å². The number of phenolic OH excluding ortho intramolecular Hbond substituents is 1. The van der Waals surface area contributed by atoms with Crippen molar-refractivity contribution in [1.29, 1.82) is 0 Å². The number of anilines is 2. The lowest BCUT2D eigenvalue weighted by Crippen LogP contribution is -2.56. The maximum absolute atomic E-state index is 11.0. The second kappa shape index (κ2) is 9.96. The molecule has 4 fully saturated rings. The zero-order valence-electron chi connectivity index (χ0n) is 24.2. The molecule has 6 N–H and O–H groups in total. The molecule has 4 heteroatoms. The lowest BCUT2D eigenvalue weighted by molar-refractivity contribution is -0.140. The first kappa shape index (κ1) is 27.2. The summed E-state index contributed by atoms with van der Waals surface area (Å²) in [5.41, 5.74) is 15.6. The van der Waals surface area contributed by atoms with Gasteiger partial charge in [0.25, 0.3) is 0 Å². The average Bonchev–Trinajstić information content (AvgIpc) is 3.19. The number of aromatic hydroxyl groups is 1. The van der Waals surface area contributed by atoms with E-state index in [1.165, 1.54) is 57.8 Å². The van der Waals surface area contributed by atoms with E-state index in [1.807, 2.05) is 0 Å². The third kappa shape index (κ3) is 4.38. The number of benzene rings is 1. The lowest BCUT2D eigenvalue weighted by atomic mass is 9.41. The van der Waals surface area contributed by atoms with Crippen molar-refractivity contribution in [3.63, 3.8) is 0 Å². The molecule has 0 spiro atoms. The van der Waals surface area contributed by atoms with Gasteiger partial charge in [0, 0.05) is 11.3 Å². The third-order valence-corrected chi connectivity index (χ3v) is 12.6. The highest BCUT2D eigenvalue weighted by atomic mass is 16.3. The van der Waals surface area contributed by atoms with E-state index in [0.717, 1.165) is 41.6 Å². The zero-order valence-corrected chi connectivity index (χ0v) is 24.2. The molecule has 4 aliphatic carbocycles. The van der Waals surface area contributed by atoms with Gasteiger partial charge in [0.05, 0.1) is 11.8 Å². The van der Waals surface area contributed by atoms with E-state index in [9.17, 15) is 10.2 Å². The van der Waals surface area contributed by atoms with Crippen LogP contribution in [0.25, 0.3) is 0 Å². The summed E-state index contributed by atoms with van der Waals surface area (Å²) in [6, 6.07) is 3.42. The lowest BCUT2D eigenvalue weighted by Gasteiger charge is -2.63. The van der Waals surface area contributed by atoms with Gasteiger partial charge >= 0.3 is 0 Å². The Morgan fingerprint density at radius 1 is 0.946 bits per heavy atom. The van der Waals surface area contributed by atoms with Gasteiger partial charge in [-0.3, -0.25) is 0 Å². The van der Waals surface area contributed by atoms with Gasteiger partial charge in [0.1, 0.15) is 5.75 Å². The largest absolute Gasteiger partial charge is 0.506 e. The highest BCUT2D eigenvalue weighted by Gasteiger charge is 2.63. The van der Waals surface area contributed by atoms with Crippen LogP contribution in [-0.2, 0) is 0 Å². The maximum Gasteiger partial charge on any atom is 0.138 e. The number of hydrogen-bond acceptors (Lipinski definition) is 4. The second-order valence-corrected chi connectivity index (χ2v) is 14.7. The van der Waals surface area contributed by atoms with Crippen LogP contribution >= 0.6 is 0 Å². The SMILES string of the molecule is CC(C)CCC[C@@H](C)[C@H]1CC[C@H]2[C@H]3CC[C@@H]4C[C@H](O)CC(c5c(N)ccc(O)c5N)[C@]4(C)[C@H]3CC[C@]12C. The summed E-state index contributed by atoms with van der Waals surface area (Å²) in [5.74, 6) is 5.40. The van der Waals surface area contributed by atoms with Crippen LogP contribution in [-0.4, -0.2) is 16.3 Å². The van der Waals surface area contributed by atoms with Gasteiger partial charge in [0.15, 0.2) is 0 Å². The van der Waals surface area contributed by atoms with Crippen LogP contribution in [0.4, 0.5) is 11.4 Å². The normalized spacial score (nSPS) is 42.2. The summed E-state index contributed by atoms with van der Waals surface area (Å²) in [7, 11) is 0. The smallest absolute Gasteiger partial charge is 0.138 e. The maximum atomic E-state index is 11.0. The van der Waals surface area contributed by atoms with E-state index >= 15 is 0 Å². The minimum atomic E-state index is -0.322. The van der Waals surface area contributed by atoms with E-state index < -0.39 is 0 Å². The van der Waals surface area contributed by atoms with Crippen molar-refractivity contribution in [3.8, 4) is 5.75 Å². The highest BCUT2D eigenvalue weighted by Crippen LogP contribution is 2.71. The monoisotopic (exact) mass is 510 g/mol. The van der Waals surface area contributed by atoms with Crippen LogP contribution < -0.4 is 11.5 Å². The molecule has 1 unspecified atom stereocenters. The standard InChI is InChI=1S/C33H54N2O2/c1-19(2)7-6-8-20(3)24-11-12-25-23-10-9-21-17-22(36)18-27(30-28(34)13-14-29(37)31(30)35)33(21,5)26(23)15-16-32(24,25)4/h13-14,19-27,36-37H,6-12,15-18,34-35H2,1-5H3/t20-,21-,22+,23-,24-,25+,26+,27?,32-,33+/m1/s1. The van der Waals surface area contributed by atoms with E-state index in [4.69, 9.17) is 11.5 Å². The number of fused-ring (bicyclic) bond motifs is 5. The molecule has 1 aromatic rings. The van der Waals surface area contributed by atoms with E-state index in [2.05, 4.69) is 34.6 Å². The van der Waals surface area contributed by atoms with Crippen LogP contribution in [0.1, 0.15) is 117 Å². The van der Waals surface area contributed by atoms with Crippen LogP contribution in [0.5, 0.6) is 5.75 Å². The van der Waals surface area contributed by atoms with Gasteiger partial charge < -0.3 is 21.7 Å². The molecule has 0 radical (unpaired) electrons. The summed E-state index contributed by atoms with van der Waals surface area (Å²) >= 11 is 0.